The molecule has 0 aliphatic heterocycles. The normalized spacial score (nSPS) is 9.67. The summed E-state index contributed by atoms with van der Waals surface area (Å²) in [6.07, 6.45) is 0. The molecule has 0 radical (unpaired) electrons. The zero-order valence-corrected chi connectivity index (χ0v) is 18.2. The van der Waals surface area contributed by atoms with E-state index in [9.17, 15) is 0 Å². The molecule has 0 heterocycles. The van der Waals surface area contributed by atoms with Crippen molar-refractivity contribution in [2.45, 2.75) is 0 Å². The monoisotopic (exact) mass is 624 g/mol. The van der Waals surface area contributed by atoms with Crippen LogP contribution in [-0.4, -0.2) is 0 Å². The lowest BCUT2D eigenvalue weighted by Gasteiger charge is -1.93. The Hall–Kier alpha value is 1.32. The zero-order chi connectivity index (χ0) is 13.7. The summed E-state index contributed by atoms with van der Waals surface area (Å²) in [6.45, 7) is 0. The first-order chi connectivity index (χ1) is 8.38. The molecule has 0 spiro atoms. The van der Waals surface area contributed by atoms with E-state index in [0.29, 0.717) is 0 Å². The van der Waals surface area contributed by atoms with Crippen LogP contribution in [-0.2, 0) is 0 Å². The predicted molar refractivity (Wildman–Crippen MR) is 99.1 cm³/mol. The van der Waals surface area contributed by atoms with Crippen molar-refractivity contribution in [3.8, 4) is 0 Å². The molecular formula is C12H6Br6. The maximum atomic E-state index is 3.37. The number of benzene rings is 2. The summed E-state index contributed by atoms with van der Waals surface area (Å²) in [7, 11) is 0. The van der Waals surface area contributed by atoms with Crippen LogP contribution in [0.2, 0.25) is 0 Å². The Morgan fingerprint density at radius 3 is 1.22 bits per heavy atom. The van der Waals surface area contributed by atoms with Crippen molar-refractivity contribution in [3.63, 3.8) is 0 Å². The Morgan fingerprint density at radius 1 is 0.444 bits per heavy atom. The number of rotatable bonds is 0. The molecule has 0 nitrogen and oxygen atoms in total. The Labute approximate surface area is 157 Å². The van der Waals surface area contributed by atoms with Gasteiger partial charge in [0.05, 0.1) is 0 Å². The zero-order valence-electron chi connectivity index (χ0n) is 8.73. The van der Waals surface area contributed by atoms with Crippen molar-refractivity contribution in [2.75, 3.05) is 0 Å². The highest BCUT2D eigenvalue weighted by molar-refractivity contribution is 9.13. The summed E-state index contributed by atoms with van der Waals surface area (Å²) in [5.74, 6) is 0. The number of hydrogen-bond donors (Lipinski definition) is 0. The first-order valence-electron chi connectivity index (χ1n) is 4.60. The maximum Gasteiger partial charge on any atom is 0.0328 e. The summed E-state index contributed by atoms with van der Waals surface area (Å²) < 4.78 is 6.44. The first kappa shape index (κ1) is 17.4. The molecule has 18 heavy (non-hydrogen) atoms. The molecule has 0 aliphatic rings. The molecule has 0 atom stereocenters. The van der Waals surface area contributed by atoms with E-state index < -0.39 is 0 Å². The van der Waals surface area contributed by atoms with Crippen molar-refractivity contribution in [1.29, 1.82) is 0 Å². The van der Waals surface area contributed by atoms with Crippen LogP contribution in [0.15, 0.2) is 63.2 Å². The van der Waals surface area contributed by atoms with Crippen LogP contribution in [0.1, 0.15) is 0 Å². The van der Waals surface area contributed by atoms with Crippen molar-refractivity contribution in [1.82, 2.24) is 0 Å². The molecule has 0 unspecified atom stereocenters. The van der Waals surface area contributed by atoms with Gasteiger partial charge < -0.3 is 0 Å². The molecule has 0 fully saturated rings. The van der Waals surface area contributed by atoms with Gasteiger partial charge in [0, 0.05) is 26.8 Å². The number of halogens is 6. The van der Waals surface area contributed by atoms with Gasteiger partial charge in [-0.05, 0) is 68.3 Å². The third kappa shape index (κ3) is 6.66. The van der Waals surface area contributed by atoms with E-state index in [-0.39, 0.29) is 0 Å². The summed E-state index contributed by atoms with van der Waals surface area (Å²) in [6, 6.07) is 11.9. The summed E-state index contributed by atoms with van der Waals surface area (Å²) in [4.78, 5) is 0. The molecule has 2 aromatic carbocycles. The van der Waals surface area contributed by atoms with E-state index in [0.717, 1.165) is 26.8 Å². The molecule has 2 aromatic rings. The lowest BCUT2D eigenvalue weighted by molar-refractivity contribution is 1.55. The first-order valence-corrected chi connectivity index (χ1v) is 9.36. The summed E-state index contributed by atoms with van der Waals surface area (Å²) in [5.41, 5.74) is 0. The van der Waals surface area contributed by atoms with Crippen LogP contribution in [0.4, 0.5) is 0 Å². The van der Waals surface area contributed by atoms with Gasteiger partial charge in [-0.2, -0.15) is 0 Å². The van der Waals surface area contributed by atoms with Crippen molar-refractivity contribution in [2.24, 2.45) is 0 Å². The quantitative estimate of drug-likeness (QED) is 0.260. The topological polar surface area (TPSA) is 0 Å². The fourth-order valence-corrected chi connectivity index (χ4v) is 4.69. The van der Waals surface area contributed by atoms with Crippen LogP contribution >= 0.6 is 95.6 Å². The SMILES string of the molecule is Brc1cc(Br)cc(Br)c1.Brc1ccc(Br)c(Br)c1. The Bertz CT molecular complexity index is 488. The van der Waals surface area contributed by atoms with Gasteiger partial charge >= 0.3 is 0 Å². The molecule has 0 bridgehead atoms. The molecule has 0 aliphatic carbocycles. The van der Waals surface area contributed by atoms with Crippen molar-refractivity contribution in [3.05, 3.63) is 63.2 Å². The second-order valence-corrected chi connectivity index (χ2v) is 8.52. The minimum Gasteiger partial charge on any atom is -0.0508 e. The maximum absolute atomic E-state index is 3.37. The predicted octanol–water partition coefficient (Wildman–Crippen LogP) is 7.95. The van der Waals surface area contributed by atoms with Crippen LogP contribution < -0.4 is 0 Å². The van der Waals surface area contributed by atoms with E-state index in [1.54, 1.807) is 0 Å². The van der Waals surface area contributed by atoms with E-state index >= 15 is 0 Å². The van der Waals surface area contributed by atoms with E-state index in [1.165, 1.54) is 0 Å². The highest BCUT2D eigenvalue weighted by Crippen LogP contribution is 2.25. The summed E-state index contributed by atoms with van der Waals surface area (Å²) >= 11 is 20.1. The lowest BCUT2D eigenvalue weighted by Crippen LogP contribution is -1.67. The van der Waals surface area contributed by atoms with Crippen LogP contribution in [0.3, 0.4) is 0 Å². The Kier molecular flexibility index (Phi) is 8.27. The number of hydrogen-bond acceptors (Lipinski definition) is 0. The van der Waals surface area contributed by atoms with Crippen molar-refractivity contribution >= 4 is 95.6 Å². The third-order valence-electron chi connectivity index (χ3n) is 1.71. The van der Waals surface area contributed by atoms with Gasteiger partial charge in [0.25, 0.3) is 0 Å². The minimum atomic E-state index is 1.07. The van der Waals surface area contributed by atoms with Crippen LogP contribution in [0.25, 0.3) is 0 Å². The molecule has 2 rings (SSSR count). The fraction of sp³-hybridized carbons (Fsp3) is 0. The smallest absolute Gasteiger partial charge is 0.0328 e. The molecule has 6 heteroatoms. The van der Waals surface area contributed by atoms with Gasteiger partial charge in [-0.1, -0.05) is 63.7 Å². The lowest BCUT2D eigenvalue weighted by atomic mass is 10.4. The van der Waals surface area contributed by atoms with Crippen LogP contribution in [0.5, 0.6) is 0 Å². The van der Waals surface area contributed by atoms with E-state index in [4.69, 9.17) is 0 Å². The Morgan fingerprint density at radius 2 is 0.889 bits per heavy atom. The van der Waals surface area contributed by atoms with Gasteiger partial charge in [0.1, 0.15) is 0 Å². The van der Waals surface area contributed by atoms with E-state index in [2.05, 4.69) is 95.6 Å². The largest absolute Gasteiger partial charge is 0.0508 e. The van der Waals surface area contributed by atoms with Gasteiger partial charge in [-0.15, -0.1) is 0 Å². The highest BCUT2D eigenvalue weighted by atomic mass is 79.9. The molecule has 0 aromatic heterocycles. The molecule has 96 valence electrons. The average Bonchev–Trinajstić information content (AvgIpc) is 2.23. The Balaban J connectivity index is 0.000000180. The van der Waals surface area contributed by atoms with Gasteiger partial charge in [-0.3, -0.25) is 0 Å². The van der Waals surface area contributed by atoms with Gasteiger partial charge in [0.15, 0.2) is 0 Å². The van der Waals surface area contributed by atoms with E-state index in [1.807, 2.05) is 36.4 Å². The molecule has 0 amide bonds. The molecular weight excluding hydrogens is 624 g/mol. The van der Waals surface area contributed by atoms with Gasteiger partial charge in [-0.25, -0.2) is 0 Å². The second-order valence-electron chi connectivity index (χ2n) is 3.15. The second kappa shape index (κ2) is 8.57. The van der Waals surface area contributed by atoms with Gasteiger partial charge in [0.2, 0.25) is 0 Å². The van der Waals surface area contributed by atoms with Crippen LogP contribution in [0, 0.1) is 0 Å². The highest BCUT2D eigenvalue weighted by Gasteiger charge is 1.93. The standard InChI is InChI=1S/2C6H3Br3/c7-4-1-5(8)3-6(9)2-4;7-4-1-2-5(8)6(9)3-4/h2*1-3H. The summed E-state index contributed by atoms with van der Waals surface area (Å²) in [5, 5.41) is 0. The van der Waals surface area contributed by atoms with Crippen molar-refractivity contribution < 1.29 is 0 Å². The molecule has 0 N–H and O–H groups in total. The third-order valence-corrected chi connectivity index (χ3v) is 5.46. The fourth-order valence-electron chi connectivity index (χ4n) is 0.991. The molecule has 0 saturated carbocycles. The minimum absolute atomic E-state index is 1.07. The average molecular weight is 630 g/mol. The molecule has 0 saturated heterocycles.